The summed E-state index contributed by atoms with van der Waals surface area (Å²) >= 11 is 1.75. The average Bonchev–Trinajstić information content (AvgIpc) is 3.13. The van der Waals surface area contributed by atoms with Crippen molar-refractivity contribution in [2.24, 2.45) is 0 Å². The van der Waals surface area contributed by atoms with E-state index in [0.717, 1.165) is 65.3 Å². The number of hydrogen-bond acceptors (Lipinski definition) is 5. The van der Waals surface area contributed by atoms with E-state index in [-0.39, 0.29) is 0 Å². The Balaban J connectivity index is 1.22. The number of para-hydroxylation sites is 1. The van der Waals surface area contributed by atoms with Crippen molar-refractivity contribution >= 4 is 22.9 Å². The summed E-state index contributed by atoms with van der Waals surface area (Å²) in [7, 11) is 0. The number of hydrogen-bond donors (Lipinski definition) is 0. The molecule has 2 saturated heterocycles. The second-order valence-electron chi connectivity index (χ2n) is 7.74. The monoisotopic (exact) mass is 398 g/mol. The standard InChI is InChI=1S/C22H30N4OS/c27-22(26-14-11-24(12-15-26)17-20-7-16-28-19-20)18-23-8-4-9-25(13-10-23)21-5-2-1-3-6-21/h1-3,5-7,16,19H,4,8-15,17-18H2. The molecule has 3 heterocycles. The quantitative estimate of drug-likeness (QED) is 0.775. The third-order valence-corrected chi connectivity index (χ3v) is 6.51. The molecule has 0 spiro atoms. The maximum atomic E-state index is 12.8. The van der Waals surface area contributed by atoms with Crippen LogP contribution < -0.4 is 4.90 Å². The van der Waals surface area contributed by atoms with Gasteiger partial charge in [0.1, 0.15) is 0 Å². The van der Waals surface area contributed by atoms with Crippen molar-refractivity contribution in [2.45, 2.75) is 13.0 Å². The molecule has 1 aromatic carbocycles. The summed E-state index contributed by atoms with van der Waals surface area (Å²) in [5.41, 5.74) is 2.68. The molecule has 150 valence electrons. The summed E-state index contributed by atoms with van der Waals surface area (Å²) in [6.45, 7) is 9.25. The van der Waals surface area contributed by atoms with Crippen LogP contribution >= 0.6 is 11.3 Å². The van der Waals surface area contributed by atoms with E-state index in [4.69, 9.17) is 0 Å². The second kappa shape index (κ2) is 9.54. The number of benzene rings is 1. The van der Waals surface area contributed by atoms with E-state index in [9.17, 15) is 4.79 Å². The predicted octanol–water partition coefficient (Wildman–Crippen LogP) is 2.60. The normalized spacial score (nSPS) is 19.6. The number of carbonyl (C=O) groups is 1. The zero-order valence-electron chi connectivity index (χ0n) is 16.5. The molecule has 0 saturated carbocycles. The first-order valence-corrected chi connectivity index (χ1v) is 11.3. The lowest BCUT2D eigenvalue weighted by Gasteiger charge is -2.35. The van der Waals surface area contributed by atoms with Crippen molar-refractivity contribution in [3.63, 3.8) is 0 Å². The molecule has 5 nitrogen and oxygen atoms in total. The highest BCUT2D eigenvalue weighted by molar-refractivity contribution is 7.07. The molecule has 0 N–H and O–H groups in total. The summed E-state index contributed by atoms with van der Waals surface area (Å²) in [4.78, 5) is 22.1. The van der Waals surface area contributed by atoms with Crippen LogP contribution in [0.4, 0.5) is 5.69 Å². The third-order valence-electron chi connectivity index (χ3n) is 5.78. The van der Waals surface area contributed by atoms with Gasteiger partial charge in [0.15, 0.2) is 0 Å². The van der Waals surface area contributed by atoms with Crippen LogP contribution in [-0.2, 0) is 11.3 Å². The highest BCUT2D eigenvalue weighted by Crippen LogP contribution is 2.16. The fraction of sp³-hybridized carbons (Fsp3) is 0.500. The maximum Gasteiger partial charge on any atom is 0.236 e. The van der Waals surface area contributed by atoms with Gasteiger partial charge in [0.2, 0.25) is 5.91 Å². The number of nitrogens with zero attached hydrogens (tertiary/aromatic N) is 4. The lowest BCUT2D eigenvalue weighted by molar-refractivity contribution is -0.134. The minimum atomic E-state index is 0.295. The summed E-state index contributed by atoms with van der Waals surface area (Å²) < 4.78 is 0. The molecule has 1 aromatic heterocycles. The minimum absolute atomic E-state index is 0.295. The van der Waals surface area contributed by atoms with Gasteiger partial charge in [0.25, 0.3) is 0 Å². The molecule has 2 fully saturated rings. The molecular weight excluding hydrogens is 368 g/mol. The van der Waals surface area contributed by atoms with E-state index < -0.39 is 0 Å². The van der Waals surface area contributed by atoms with E-state index in [2.05, 4.69) is 66.8 Å². The van der Waals surface area contributed by atoms with E-state index in [1.54, 1.807) is 11.3 Å². The lowest BCUT2D eigenvalue weighted by Crippen LogP contribution is -2.51. The smallest absolute Gasteiger partial charge is 0.236 e. The molecule has 0 aliphatic carbocycles. The molecule has 2 aliphatic heterocycles. The second-order valence-corrected chi connectivity index (χ2v) is 8.52. The Morgan fingerprint density at radius 3 is 2.39 bits per heavy atom. The van der Waals surface area contributed by atoms with Crippen molar-refractivity contribution < 1.29 is 4.79 Å². The van der Waals surface area contributed by atoms with Crippen LogP contribution in [0.15, 0.2) is 47.2 Å². The van der Waals surface area contributed by atoms with Gasteiger partial charge in [0, 0.05) is 64.6 Å². The molecule has 1 amide bonds. The number of anilines is 1. The Kier molecular flexibility index (Phi) is 6.62. The van der Waals surface area contributed by atoms with Crippen LogP contribution in [0.2, 0.25) is 0 Å². The Labute approximate surface area is 172 Å². The van der Waals surface area contributed by atoms with Crippen LogP contribution in [0.5, 0.6) is 0 Å². The molecule has 4 rings (SSSR count). The van der Waals surface area contributed by atoms with Crippen molar-refractivity contribution in [1.82, 2.24) is 14.7 Å². The number of rotatable bonds is 5. The number of thiophene rings is 1. The van der Waals surface area contributed by atoms with Crippen molar-refractivity contribution in [3.8, 4) is 0 Å². The third kappa shape index (κ3) is 5.13. The van der Waals surface area contributed by atoms with Crippen LogP contribution in [0, 0.1) is 0 Å². The Bertz CT molecular complexity index is 728. The zero-order chi connectivity index (χ0) is 19.2. The molecule has 0 atom stereocenters. The number of carbonyl (C=O) groups excluding carboxylic acids is 1. The largest absolute Gasteiger partial charge is 0.370 e. The molecule has 2 aliphatic rings. The van der Waals surface area contributed by atoms with Crippen LogP contribution in [-0.4, -0.2) is 79.5 Å². The van der Waals surface area contributed by atoms with E-state index in [1.807, 2.05) is 0 Å². The summed E-state index contributed by atoms with van der Waals surface area (Å²) in [5, 5.41) is 4.35. The summed E-state index contributed by atoms with van der Waals surface area (Å²) in [6, 6.07) is 12.8. The predicted molar refractivity (Wildman–Crippen MR) is 116 cm³/mol. The average molecular weight is 399 g/mol. The van der Waals surface area contributed by atoms with Gasteiger partial charge in [0.05, 0.1) is 6.54 Å². The molecule has 2 aromatic rings. The maximum absolute atomic E-state index is 12.8. The number of amides is 1. The fourth-order valence-electron chi connectivity index (χ4n) is 4.11. The van der Waals surface area contributed by atoms with Crippen LogP contribution in [0.3, 0.4) is 0 Å². The zero-order valence-corrected chi connectivity index (χ0v) is 17.3. The van der Waals surface area contributed by atoms with Crippen LogP contribution in [0.25, 0.3) is 0 Å². The van der Waals surface area contributed by atoms with Gasteiger partial charge in [-0.15, -0.1) is 0 Å². The fourth-order valence-corrected chi connectivity index (χ4v) is 4.77. The number of piperazine rings is 1. The Morgan fingerprint density at radius 1 is 0.857 bits per heavy atom. The minimum Gasteiger partial charge on any atom is -0.370 e. The van der Waals surface area contributed by atoms with Crippen molar-refractivity contribution in [2.75, 3.05) is 63.8 Å². The lowest BCUT2D eigenvalue weighted by atomic mass is 10.2. The van der Waals surface area contributed by atoms with Gasteiger partial charge < -0.3 is 9.80 Å². The highest BCUT2D eigenvalue weighted by atomic mass is 32.1. The van der Waals surface area contributed by atoms with Gasteiger partial charge in [-0.25, -0.2) is 0 Å². The van der Waals surface area contributed by atoms with Gasteiger partial charge in [-0.1, -0.05) is 18.2 Å². The SMILES string of the molecule is O=C(CN1CCCN(c2ccccc2)CC1)N1CCN(Cc2ccsc2)CC1. The van der Waals surface area contributed by atoms with Crippen molar-refractivity contribution in [3.05, 3.63) is 52.7 Å². The molecule has 0 radical (unpaired) electrons. The Hall–Kier alpha value is -1.89. The van der Waals surface area contributed by atoms with E-state index >= 15 is 0 Å². The topological polar surface area (TPSA) is 30.0 Å². The first-order chi connectivity index (χ1) is 13.8. The Morgan fingerprint density at radius 2 is 1.64 bits per heavy atom. The molecule has 0 bridgehead atoms. The molecule has 0 unspecified atom stereocenters. The first kappa shape index (κ1) is 19.4. The molecule has 28 heavy (non-hydrogen) atoms. The van der Waals surface area contributed by atoms with E-state index in [0.29, 0.717) is 12.5 Å². The van der Waals surface area contributed by atoms with Gasteiger partial charge in [-0.2, -0.15) is 11.3 Å². The summed E-state index contributed by atoms with van der Waals surface area (Å²) in [6.07, 6.45) is 1.11. The van der Waals surface area contributed by atoms with Gasteiger partial charge >= 0.3 is 0 Å². The van der Waals surface area contributed by atoms with Gasteiger partial charge in [-0.05, 0) is 40.9 Å². The van der Waals surface area contributed by atoms with Crippen LogP contribution in [0.1, 0.15) is 12.0 Å². The summed E-state index contributed by atoms with van der Waals surface area (Å²) in [5.74, 6) is 0.295. The molecular formula is C22H30N4OS. The van der Waals surface area contributed by atoms with Crippen molar-refractivity contribution in [1.29, 1.82) is 0 Å². The van der Waals surface area contributed by atoms with E-state index in [1.165, 1.54) is 11.3 Å². The first-order valence-electron chi connectivity index (χ1n) is 10.3. The van der Waals surface area contributed by atoms with Gasteiger partial charge in [-0.3, -0.25) is 14.6 Å². The highest BCUT2D eigenvalue weighted by Gasteiger charge is 2.24. The molecule has 6 heteroatoms.